The average molecular weight is 147 g/mol. The van der Waals surface area contributed by atoms with E-state index in [1.54, 1.807) is 6.92 Å². The third-order valence-electron chi connectivity index (χ3n) is 0.524. The molecule has 0 spiro atoms. The first-order valence-corrected chi connectivity index (χ1v) is 3.28. The lowest BCUT2D eigenvalue weighted by Gasteiger charge is -1.96. The molecule has 0 atom stereocenters. The summed E-state index contributed by atoms with van der Waals surface area (Å²) >= 11 is 0.690. The SMILES string of the molecule is CCNC(=O)SC(=N)N. The number of amides is 1. The van der Waals surface area contributed by atoms with Gasteiger partial charge in [-0.05, 0) is 6.92 Å². The van der Waals surface area contributed by atoms with Crippen molar-refractivity contribution in [3.63, 3.8) is 0 Å². The van der Waals surface area contributed by atoms with Gasteiger partial charge in [-0.25, -0.2) is 0 Å². The first-order chi connectivity index (χ1) is 4.16. The van der Waals surface area contributed by atoms with Gasteiger partial charge in [-0.1, -0.05) is 0 Å². The summed E-state index contributed by atoms with van der Waals surface area (Å²) in [6.07, 6.45) is 0. The van der Waals surface area contributed by atoms with E-state index in [0.29, 0.717) is 18.3 Å². The van der Waals surface area contributed by atoms with Gasteiger partial charge in [0.2, 0.25) is 0 Å². The van der Waals surface area contributed by atoms with Crippen molar-refractivity contribution >= 4 is 22.2 Å². The fourth-order valence-electron chi connectivity index (χ4n) is 0.280. The molecule has 5 heteroatoms. The van der Waals surface area contributed by atoms with Crippen molar-refractivity contribution in [2.75, 3.05) is 6.54 Å². The van der Waals surface area contributed by atoms with Crippen molar-refractivity contribution < 1.29 is 4.79 Å². The van der Waals surface area contributed by atoms with Gasteiger partial charge in [0.15, 0.2) is 5.17 Å². The normalized spacial score (nSPS) is 8.56. The van der Waals surface area contributed by atoms with Crippen LogP contribution in [0.2, 0.25) is 0 Å². The molecule has 0 radical (unpaired) electrons. The second-order valence-electron chi connectivity index (χ2n) is 1.28. The number of amidine groups is 1. The van der Waals surface area contributed by atoms with Gasteiger partial charge in [0.1, 0.15) is 0 Å². The minimum atomic E-state index is -0.273. The Hall–Kier alpha value is -0.710. The van der Waals surface area contributed by atoms with Gasteiger partial charge in [-0.2, -0.15) is 0 Å². The summed E-state index contributed by atoms with van der Waals surface area (Å²) in [6, 6.07) is 0. The lowest BCUT2D eigenvalue weighted by atomic mass is 10.8. The highest BCUT2D eigenvalue weighted by molar-refractivity contribution is 8.26. The molecule has 0 aromatic rings. The van der Waals surface area contributed by atoms with Crippen LogP contribution in [0, 0.1) is 5.41 Å². The zero-order valence-electron chi connectivity index (χ0n) is 5.10. The standard InChI is InChI=1S/C4H9N3OS/c1-2-7-4(8)9-3(5)6/h2H2,1H3,(H3,5,6)(H,7,8). The highest BCUT2D eigenvalue weighted by Gasteiger charge is 1.99. The Morgan fingerprint density at radius 2 is 2.44 bits per heavy atom. The van der Waals surface area contributed by atoms with Crippen LogP contribution in [0.1, 0.15) is 6.92 Å². The molecule has 0 aliphatic heterocycles. The van der Waals surface area contributed by atoms with Crippen molar-refractivity contribution in [3.05, 3.63) is 0 Å². The minimum Gasteiger partial charge on any atom is -0.378 e. The van der Waals surface area contributed by atoms with Crippen LogP contribution in [0.5, 0.6) is 0 Å². The van der Waals surface area contributed by atoms with Crippen molar-refractivity contribution in [1.82, 2.24) is 5.32 Å². The number of thioether (sulfide) groups is 1. The lowest BCUT2D eigenvalue weighted by molar-refractivity contribution is 0.261. The molecule has 0 rings (SSSR count). The zero-order valence-corrected chi connectivity index (χ0v) is 5.92. The molecular weight excluding hydrogens is 138 g/mol. The summed E-state index contributed by atoms with van der Waals surface area (Å²) in [5.41, 5.74) is 4.91. The predicted molar refractivity (Wildman–Crippen MR) is 38.6 cm³/mol. The van der Waals surface area contributed by atoms with Gasteiger partial charge in [-0.15, -0.1) is 0 Å². The van der Waals surface area contributed by atoms with Crippen LogP contribution in [-0.4, -0.2) is 17.0 Å². The Kier molecular flexibility index (Phi) is 3.87. The molecule has 0 bridgehead atoms. The average Bonchev–Trinajstić information content (AvgIpc) is 1.63. The first kappa shape index (κ1) is 8.29. The van der Waals surface area contributed by atoms with Crippen molar-refractivity contribution in [2.45, 2.75) is 6.92 Å². The Morgan fingerprint density at radius 1 is 1.89 bits per heavy atom. The molecule has 9 heavy (non-hydrogen) atoms. The van der Waals surface area contributed by atoms with Crippen LogP contribution < -0.4 is 11.1 Å². The minimum absolute atomic E-state index is 0.180. The zero-order chi connectivity index (χ0) is 7.28. The molecule has 0 aliphatic carbocycles. The third-order valence-corrected chi connectivity index (χ3v) is 1.07. The molecule has 0 fully saturated rings. The van der Waals surface area contributed by atoms with Crippen LogP contribution in [0.15, 0.2) is 0 Å². The van der Waals surface area contributed by atoms with E-state index in [1.807, 2.05) is 0 Å². The van der Waals surface area contributed by atoms with Crippen LogP contribution in [0.4, 0.5) is 4.79 Å². The van der Waals surface area contributed by atoms with Gasteiger partial charge in [0, 0.05) is 18.3 Å². The Bertz CT molecular complexity index is 125. The van der Waals surface area contributed by atoms with E-state index < -0.39 is 0 Å². The largest absolute Gasteiger partial charge is 0.378 e. The molecule has 0 saturated heterocycles. The summed E-state index contributed by atoms with van der Waals surface area (Å²) in [5, 5.41) is 8.71. The van der Waals surface area contributed by atoms with E-state index in [2.05, 4.69) is 5.32 Å². The first-order valence-electron chi connectivity index (χ1n) is 2.46. The van der Waals surface area contributed by atoms with E-state index in [9.17, 15) is 4.79 Å². The molecular formula is C4H9N3OS. The van der Waals surface area contributed by atoms with Crippen LogP contribution >= 0.6 is 11.8 Å². The number of hydrogen-bond acceptors (Lipinski definition) is 3. The monoisotopic (exact) mass is 147 g/mol. The Morgan fingerprint density at radius 3 is 2.78 bits per heavy atom. The van der Waals surface area contributed by atoms with Crippen LogP contribution in [-0.2, 0) is 0 Å². The van der Waals surface area contributed by atoms with Gasteiger partial charge in [0.05, 0.1) is 0 Å². The predicted octanol–water partition coefficient (Wildman–Crippen LogP) is 0.343. The Labute approximate surface area is 57.7 Å². The van der Waals surface area contributed by atoms with Gasteiger partial charge >= 0.3 is 0 Å². The van der Waals surface area contributed by atoms with Crippen molar-refractivity contribution in [2.24, 2.45) is 5.73 Å². The summed E-state index contributed by atoms with van der Waals surface area (Å²) < 4.78 is 0. The van der Waals surface area contributed by atoms with Crippen molar-refractivity contribution in [1.29, 1.82) is 5.41 Å². The molecule has 52 valence electrons. The maximum atomic E-state index is 10.5. The van der Waals surface area contributed by atoms with E-state index in [0.717, 1.165) is 0 Å². The summed E-state index contributed by atoms with van der Waals surface area (Å²) in [4.78, 5) is 10.5. The highest BCUT2D eigenvalue weighted by Crippen LogP contribution is 1.97. The molecule has 4 nitrogen and oxygen atoms in total. The number of carbonyl (C=O) groups excluding carboxylic acids is 1. The van der Waals surface area contributed by atoms with Crippen LogP contribution in [0.25, 0.3) is 0 Å². The fourth-order valence-corrected chi connectivity index (χ4v) is 0.697. The van der Waals surface area contributed by atoms with E-state index in [4.69, 9.17) is 11.1 Å². The smallest absolute Gasteiger partial charge is 0.286 e. The van der Waals surface area contributed by atoms with Crippen molar-refractivity contribution in [3.8, 4) is 0 Å². The van der Waals surface area contributed by atoms with Gasteiger partial charge < -0.3 is 11.1 Å². The van der Waals surface area contributed by atoms with Gasteiger partial charge in [0.25, 0.3) is 5.24 Å². The number of nitrogens with one attached hydrogen (secondary N) is 2. The highest BCUT2D eigenvalue weighted by atomic mass is 32.2. The number of nitrogens with two attached hydrogens (primary N) is 1. The molecule has 0 unspecified atom stereocenters. The fraction of sp³-hybridized carbons (Fsp3) is 0.500. The van der Waals surface area contributed by atoms with E-state index >= 15 is 0 Å². The number of rotatable bonds is 1. The van der Waals surface area contributed by atoms with Gasteiger partial charge in [-0.3, -0.25) is 10.2 Å². The van der Waals surface area contributed by atoms with E-state index in [-0.39, 0.29) is 10.4 Å². The summed E-state index contributed by atoms with van der Waals surface area (Å²) in [6.45, 7) is 2.37. The molecule has 1 amide bonds. The summed E-state index contributed by atoms with van der Waals surface area (Å²) in [7, 11) is 0. The maximum Gasteiger partial charge on any atom is 0.286 e. The maximum absolute atomic E-state index is 10.5. The van der Waals surface area contributed by atoms with Crippen LogP contribution in [0.3, 0.4) is 0 Å². The third kappa shape index (κ3) is 5.16. The van der Waals surface area contributed by atoms with E-state index in [1.165, 1.54) is 0 Å². The molecule has 0 aliphatic rings. The molecule has 0 heterocycles. The lowest BCUT2D eigenvalue weighted by Crippen LogP contribution is -2.21. The second kappa shape index (κ2) is 4.20. The number of carbonyl (C=O) groups is 1. The molecule has 0 aromatic carbocycles. The molecule has 0 saturated carbocycles. The second-order valence-corrected chi connectivity index (χ2v) is 2.30. The quantitative estimate of drug-likeness (QED) is 0.369. The summed E-state index contributed by atoms with van der Waals surface area (Å²) in [5.74, 6) is 0. The Balaban J connectivity index is 3.39. The number of hydrogen-bond donors (Lipinski definition) is 3. The topological polar surface area (TPSA) is 79.0 Å². The molecule has 0 aromatic heterocycles. The molecule has 4 N–H and O–H groups in total.